The number of hydrogen-bond acceptors (Lipinski definition) is 4. The van der Waals surface area contributed by atoms with Gasteiger partial charge < -0.3 is 4.74 Å². The number of carbonyl (C=O) groups excluding carboxylic acids is 3. The fraction of sp³-hybridized carbons (Fsp3) is 0.0800. The minimum Gasteiger partial charge on any atom is -0.488 e. The standard InChI is InChI=1S/C25H17BrFIN2O4/c1-14-9-18(6-7-20(14)26)30-24(32)19(23(31)29-25(30)33)11-15-5-8-22(21(28)12-15)34-13-16-3-2-4-17(27)10-16/h2-12H,13H2,1H3,(H,29,31,33)/b19-11+. The van der Waals surface area contributed by atoms with E-state index >= 15 is 0 Å². The van der Waals surface area contributed by atoms with Gasteiger partial charge in [0, 0.05) is 4.47 Å². The second kappa shape index (κ2) is 10.1. The van der Waals surface area contributed by atoms with Gasteiger partial charge in [-0.05, 0) is 94.7 Å². The van der Waals surface area contributed by atoms with Crippen molar-refractivity contribution in [2.75, 3.05) is 4.90 Å². The van der Waals surface area contributed by atoms with Crippen molar-refractivity contribution in [1.82, 2.24) is 5.32 Å². The van der Waals surface area contributed by atoms with Crippen molar-refractivity contribution in [2.24, 2.45) is 0 Å². The number of ether oxygens (including phenoxy) is 1. The van der Waals surface area contributed by atoms with Crippen molar-refractivity contribution in [2.45, 2.75) is 13.5 Å². The van der Waals surface area contributed by atoms with Crippen LogP contribution in [0.1, 0.15) is 16.7 Å². The van der Waals surface area contributed by atoms with Gasteiger partial charge in [0.2, 0.25) is 0 Å². The Balaban J connectivity index is 1.57. The third kappa shape index (κ3) is 5.20. The Morgan fingerprint density at radius 1 is 1.09 bits per heavy atom. The summed E-state index contributed by atoms with van der Waals surface area (Å²) in [6, 6.07) is 15.5. The second-order valence-electron chi connectivity index (χ2n) is 7.50. The van der Waals surface area contributed by atoms with E-state index in [-0.39, 0.29) is 18.0 Å². The first-order chi connectivity index (χ1) is 16.2. The summed E-state index contributed by atoms with van der Waals surface area (Å²) in [6.45, 7) is 2.03. The van der Waals surface area contributed by atoms with Gasteiger partial charge in [0.1, 0.15) is 23.7 Å². The number of urea groups is 1. The summed E-state index contributed by atoms with van der Waals surface area (Å²) >= 11 is 5.47. The highest BCUT2D eigenvalue weighted by molar-refractivity contribution is 14.1. The van der Waals surface area contributed by atoms with Crippen molar-refractivity contribution >= 4 is 68.1 Å². The maximum absolute atomic E-state index is 13.4. The highest BCUT2D eigenvalue weighted by Crippen LogP contribution is 2.28. The van der Waals surface area contributed by atoms with Crippen molar-refractivity contribution in [3.05, 3.63) is 96.8 Å². The molecule has 0 spiro atoms. The van der Waals surface area contributed by atoms with Crippen molar-refractivity contribution in [1.29, 1.82) is 0 Å². The summed E-state index contributed by atoms with van der Waals surface area (Å²) < 4.78 is 20.7. The highest BCUT2D eigenvalue weighted by Gasteiger charge is 2.36. The molecule has 6 nitrogen and oxygen atoms in total. The van der Waals surface area contributed by atoms with Crippen LogP contribution >= 0.6 is 38.5 Å². The molecule has 34 heavy (non-hydrogen) atoms. The summed E-state index contributed by atoms with van der Waals surface area (Å²) in [5, 5.41) is 2.22. The number of amides is 4. The quantitative estimate of drug-likeness (QED) is 0.220. The lowest BCUT2D eigenvalue weighted by Crippen LogP contribution is -2.54. The second-order valence-corrected chi connectivity index (χ2v) is 9.52. The van der Waals surface area contributed by atoms with Crippen LogP contribution in [0.2, 0.25) is 0 Å². The Morgan fingerprint density at radius 2 is 1.88 bits per heavy atom. The molecular weight excluding hydrogens is 618 g/mol. The van der Waals surface area contributed by atoms with Crippen LogP contribution in [-0.4, -0.2) is 17.8 Å². The molecule has 1 fully saturated rings. The lowest BCUT2D eigenvalue weighted by atomic mass is 10.1. The smallest absolute Gasteiger partial charge is 0.335 e. The summed E-state index contributed by atoms with van der Waals surface area (Å²) in [6.07, 6.45) is 1.43. The van der Waals surface area contributed by atoms with Crippen molar-refractivity contribution in [3.8, 4) is 5.75 Å². The van der Waals surface area contributed by atoms with E-state index in [2.05, 4.69) is 43.8 Å². The van der Waals surface area contributed by atoms with Gasteiger partial charge >= 0.3 is 6.03 Å². The van der Waals surface area contributed by atoms with Crippen LogP contribution < -0.4 is 15.0 Å². The summed E-state index contributed by atoms with van der Waals surface area (Å²) in [5.74, 6) is -1.23. The first-order valence-corrected chi connectivity index (χ1v) is 11.9. The molecule has 4 rings (SSSR count). The Hall–Kier alpha value is -3.05. The molecule has 1 aliphatic heterocycles. The van der Waals surface area contributed by atoms with E-state index in [4.69, 9.17) is 4.74 Å². The molecule has 4 amide bonds. The van der Waals surface area contributed by atoms with E-state index in [1.807, 2.05) is 6.92 Å². The third-order valence-electron chi connectivity index (χ3n) is 5.05. The van der Waals surface area contributed by atoms with Crippen molar-refractivity contribution in [3.63, 3.8) is 0 Å². The summed E-state index contributed by atoms with van der Waals surface area (Å²) in [5.41, 5.74) is 2.31. The molecule has 0 saturated carbocycles. The lowest BCUT2D eigenvalue weighted by Gasteiger charge is -2.26. The predicted molar refractivity (Wildman–Crippen MR) is 138 cm³/mol. The van der Waals surface area contributed by atoms with Crippen LogP contribution in [0.15, 0.2) is 70.7 Å². The van der Waals surface area contributed by atoms with Crippen LogP contribution in [0.4, 0.5) is 14.9 Å². The molecule has 3 aromatic rings. The van der Waals surface area contributed by atoms with Gasteiger partial charge in [0.25, 0.3) is 11.8 Å². The van der Waals surface area contributed by atoms with Crippen LogP contribution in [0.25, 0.3) is 6.08 Å². The number of benzene rings is 3. The molecule has 0 bridgehead atoms. The van der Waals surface area contributed by atoms with Crippen LogP contribution in [0.5, 0.6) is 5.75 Å². The number of imide groups is 2. The third-order valence-corrected chi connectivity index (χ3v) is 6.78. The number of nitrogens with zero attached hydrogens (tertiary/aromatic N) is 1. The SMILES string of the molecule is Cc1cc(N2C(=O)NC(=O)/C(=C\c3ccc(OCc4cccc(F)c4)c(I)c3)C2=O)ccc1Br. The predicted octanol–water partition coefficient (Wildman–Crippen LogP) is 5.75. The number of anilines is 1. The van der Waals surface area contributed by atoms with Crippen LogP contribution in [0.3, 0.4) is 0 Å². The maximum atomic E-state index is 13.4. The Kier molecular flexibility index (Phi) is 7.13. The number of halogens is 3. The summed E-state index contributed by atoms with van der Waals surface area (Å²) in [7, 11) is 0. The molecule has 172 valence electrons. The zero-order valence-corrected chi connectivity index (χ0v) is 21.5. The van der Waals surface area contributed by atoms with Gasteiger partial charge in [0.15, 0.2) is 0 Å². The Labute approximate surface area is 217 Å². The summed E-state index contributed by atoms with van der Waals surface area (Å²) in [4.78, 5) is 38.9. The molecule has 3 aromatic carbocycles. The Morgan fingerprint density at radius 3 is 2.59 bits per heavy atom. The van der Waals surface area contributed by atoms with E-state index in [9.17, 15) is 18.8 Å². The fourth-order valence-corrected chi connectivity index (χ4v) is 4.28. The maximum Gasteiger partial charge on any atom is 0.335 e. The minimum absolute atomic E-state index is 0.163. The molecule has 0 unspecified atom stereocenters. The number of nitrogens with one attached hydrogen (secondary N) is 1. The number of aryl methyl sites for hydroxylation is 1. The molecule has 1 saturated heterocycles. The van der Waals surface area contributed by atoms with E-state index in [1.165, 1.54) is 18.2 Å². The molecule has 1 aliphatic rings. The van der Waals surface area contributed by atoms with Gasteiger partial charge in [-0.25, -0.2) is 14.1 Å². The van der Waals surface area contributed by atoms with Gasteiger partial charge in [-0.3, -0.25) is 14.9 Å². The number of rotatable bonds is 5. The number of barbiturate groups is 1. The van der Waals surface area contributed by atoms with E-state index in [0.29, 0.717) is 22.6 Å². The fourth-order valence-electron chi connectivity index (χ4n) is 3.34. The first-order valence-electron chi connectivity index (χ1n) is 10.1. The largest absolute Gasteiger partial charge is 0.488 e. The molecule has 0 aliphatic carbocycles. The molecule has 1 heterocycles. The highest BCUT2D eigenvalue weighted by atomic mass is 127. The Bertz CT molecular complexity index is 1360. The van der Waals surface area contributed by atoms with Crippen LogP contribution in [0, 0.1) is 16.3 Å². The molecule has 0 atom stereocenters. The minimum atomic E-state index is -0.801. The van der Waals surface area contributed by atoms with Gasteiger partial charge in [-0.1, -0.05) is 34.1 Å². The molecule has 1 N–H and O–H groups in total. The normalized spacial score (nSPS) is 15.0. The molecule has 9 heteroatoms. The zero-order chi connectivity index (χ0) is 24.4. The molecule has 0 radical (unpaired) electrons. The van der Waals surface area contributed by atoms with Crippen molar-refractivity contribution < 1.29 is 23.5 Å². The van der Waals surface area contributed by atoms with E-state index in [1.54, 1.807) is 48.5 Å². The van der Waals surface area contributed by atoms with Gasteiger partial charge in [-0.15, -0.1) is 0 Å². The zero-order valence-electron chi connectivity index (χ0n) is 17.8. The average molecular weight is 635 g/mol. The monoisotopic (exact) mass is 634 g/mol. The van der Waals surface area contributed by atoms with Gasteiger partial charge in [0.05, 0.1) is 9.26 Å². The van der Waals surface area contributed by atoms with Gasteiger partial charge in [-0.2, -0.15) is 0 Å². The van der Waals surface area contributed by atoms with E-state index in [0.717, 1.165) is 18.5 Å². The average Bonchev–Trinajstić information content (AvgIpc) is 2.78. The lowest BCUT2D eigenvalue weighted by molar-refractivity contribution is -0.122. The topological polar surface area (TPSA) is 75.7 Å². The molecule has 0 aromatic heterocycles. The van der Waals surface area contributed by atoms with E-state index < -0.39 is 17.8 Å². The van der Waals surface area contributed by atoms with Crippen LogP contribution in [-0.2, 0) is 16.2 Å². The first kappa shape index (κ1) is 24.1. The molecular formula is C25H17BrFIN2O4. The number of hydrogen-bond donors (Lipinski definition) is 1. The number of carbonyl (C=O) groups is 3.